The molecule has 1 aromatic rings. The minimum absolute atomic E-state index is 0.603. The zero-order valence-corrected chi connectivity index (χ0v) is 8.03. The normalized spacial score (nSPS) is 11.5. The van der Waals surface area contributed by atoms with Gasteiger partial charge in [0, 0.05) is 0 Å². The molecule has 0 aliphatic rings. The van der Waals surface area contributed by atoms with E-state index in [1.807, 2.05) is 25.1 Å². The van der Waals surface area contributed by atoms with Crippen LogP contribution in [0.2, 0.25) is 0 Å². The summed E-state index contributed by atoms with van der Waals surface area (Å²) in [6.07, 6.45) is 0. The number of aryl methyl sites for hydroxylation is 1. The van der Waals surface area contributed by atoms with Crippen LogP contribution >= 0.6 is 0 Å². The molecule has 0 spiro atoms. The van der Waals surface area contributed by atoms with Crippen LogP contribution in [0.3, 0.4) is 0 Å². The third kappa shape index (κ3) is 1.99. The van der Waals surface area contributed by atoms with Crippen LogP contribution < -0.4 is 4.74 Å². The van der Waals surface area contributed by atoms with E-state index in [2.05, 4.69) is 5.16 Å². The van der Waals surface area contributed by atoms with Crippen LogP contribution in [-0.4, -0.2) is 18.0 Å². The van der Waals surface area contributed by atoms with E-state index >= 15 is 0 Å². The molecule has 3 nitrogen and oxygen atoms in total. The predicted octanol–water partition coefficient (Wildman–Crippen LogP) is 2.20. The Bertz CT molecular complexity index is 332. The molecule has 70 valence electrons. The van der Waals surface area contributed by atoms with Crippen molar-refractivity contribution >= 4 is 5.71 Å². The minimum Gasteiger partial charge on any atom is -0.496 e. The largest absolute Gasteiger partial charge is 0.496 e. The zero-order chi connectivity index (χ0) is 9.84. The maximum Gasteiger partial charge on any atom is 0.121 e. The van der Waals surface area contributed by atoms with Crippen molar-refractivity contribution in [1.29, 1.82) is 0 Å². The average Bonchev–Trinajstić information content (AvgIpc) is 2.16. The van der Waals surface area contributed by atoms with Crippen molar-refractivity contribution in [2.75, 3.05) is 7.11 Å². The van der Waals surface area contributed by atoms with Crippen LogP contribution in [0.5, 0.6) is 5.75 Å². The summed E-state index contributed by atoms with van der Waals surface area (Å²) < 4.78 is 5.11. The number of oxime groups is 1. The van der Waals surface area contributed by atoms with Crippen LogP contribution in [0.1, 0.15) is 18.1 Å². The summed E-state index contributed by atoms with van der Waals surface area (Å²) in [4.78, 5) is 0. The molecular weight excluding hydrogens is 166 g/mol. The van der Waals surface area contributed by atoms with Gasteiger partial charge in [0.15, 0.2) is 0 Å². The van der Waals surface area contributed by atoms with Gasteiger partial charge in [-0.25, -0.2) is 0 Å². The molecule has 0 aliphatic carbocycles. The van der Waals surface area contributed by atoms with Crippen LogP contribution in [0, 0.1) is 6.92 Å². The highest BCUT2D eigenvalue weighted by Gasteiger charge is 2.01. The standard InChI is InChI=1S/C10H13NO2/c1-7-6-9(8(2)11-12)4-5-10(7)13-3/h4-6,12H,1-3H3/b11-8-. The highest BCUT2D eigenvalue weighted by Crippen LogP contribution is 2.18. The van der Waals surface area contributed by atoms with E-state index < -0.39 is 0 Å². The third-order valence-corrected chi connectivity index (χ3v) is 1.96. The summed E-state index contributed by atoms with van der Waals surface area (Å²) in [5.74, 6) is 0.842. The van der Waals surface area contributed by atoms with E-state index in [1.54, 1.807) is 14.0 Å². The van der Waals surface area contributed by atoms with Gasteiger partial charge in [-0.1, -0.05) is 5.16 Å². The first-order valence-corrected chi connectivity index (χ1v) is 4.02. The molecule has 0 aromatic heterocycles. The van der Waals surface area contributed by atoms with Gasteiger partial charge in [0.05, 0.1) is 12.8 Å². The topological polar surface area (TPSA) is 41.8 Å². The molecule has 0 amide bonds. The molecule has 0 fully saturated rings. The van der Waals surface area contributed by atoms with Gasteiger partial charge in [-0.15, -0.1) is 0 Å². The highest BCUT2D eigenvalue weighted by atomic mass is 16.5. The Labute approximate surface area is 77.6 Å². The Balaban J connectivity index is 3.10. The Morgan fingerprint density at radius 3 is 2.62 bits per heavy atom. The second-order valence-corrected chi connectivity index (χ2v) is 2.87. The molecular formula is C10H13NO2. The van der Waals surface area contributed by atoms with Gasteiger partial charge in [-0.3, -0.25) is 0 Å². The Hall–Kier alpha value is -1.51. The van der Waals surface area contributed by atoms with Crippen molar-refractivity contribution in [2.45, 2.75) is 13.8 Å². The van der Waals surface area contributed by atoms with Crippen molar-refractivity contribution < 1.29 is 9.94 Å². The molecule has 1 N–H and O–H groups in total. The first-order chi connectivity index (χ1) is 6.19. The van der Waals surface area contributed by atoms with E-state index in [0.717, 1.165) is 16.9 Å². The summed E-state index contributed by atoms with van der Waals surface area (Å²) in [5.41, 5.74) is 2.54. The Kier molecular flexibility index (Phi) is 2.90. The van der Waals surface area contributed by atoms with E-state index in [0.29, 0.717) is 5.71 Å². The fraction of sp³-hybridized carbons (Fsp3) is 0.300. The number of ether oxygens (including phenoxy) is 1. The highest BCUT2D eigenvalue weighted by molar-refractivity contribution is 5.98. The number of hydrogen-bond donors (Lipinski definition) is 1. The molecule has 0 saturated heterocycles. The van der Waals surface area contributed by atoms with Gasteiger partial charge in [0.2, 0.25) is 0 Å². The zero-order valence-electron chi connectivity index (χ0n) is 8.03. The molecule has 0 radical (unpaired) electrons. The number of rotatable bonds is 2. The van der Waals surface area contributed by atoms with Gasteiger partial charge < -0.3 is 9.94 Å². The molecule has 1 aromatic carbocycles. The molecule has 0 bridgehead atoms. The molecule has 1 rings (SSSR count). The summed E-state index contributed by atoms with van der Waals surface area (Å²) >= 11 is 0. The van der Waals surface area contributed by atoms with Crippen LogP contribution in [0.25, 0.3) is 0 Å². The lowest BCUT2D eigenvalue weighted by molar-refractivity contribution is 0.319. The molecule has 0 unspecified atom stereocenters. The number of hydrogen-bond acceptors (Lipinski definition) is 3. The van der Waals surface area contributed by atoms with E-state index in [9.17, 15) is 0 Å². The number of nitrogens with zero attached hydrogens (tertiary/aromatic N) is 1. The first kappa shape index (κ1) is 9.58. The molecule has 0 heterocycles. The quantitative estimate of drug-likeness (QED) is 0.429. The van der Waals surface area contributed by atoms with Crippen LogP contribution in [0.15, 0.2) is 23.4 Å². The summed E-state index contributed by atoms with van der Waals surface area (Å²) in [7, 11) is 1.63. The monoisotopic (exact) mass is 179 g/mol. The lowest BCUT2D eigenvalue weighted by Crippen LogP contribution is -1.96. The van der Waals surface area contributed by atoms with Gasteiger partial charge in [0.1, 0.15) is 5.75 Å². The first-order valence-electron chi connectivity index (χ1n) is 4.02. The second kappa shape index (κ2) is 3.94. The van der Waals surface area contributed by atoms with Crippen LogP contribution in [-0.2, 0) is 0 Å². The fourth-order valence-electron chi connectivity index (χ4n) is 1.16. The van der Waals surface area contributed by atoms with E-state index in [-0.39, 0.29) is 0 Å². The average molecular weight is 179 g/mol. The molecule has 0 aliphatic heterocycles. The van der Waals surface area contributed by atoms with E-state index in [1.165, 1.54) is 0 Å². The van der Waals surface area contributed by atoms with Gasteiger partial charge in [-0.05, 0) is 43.2 Å². The Morgan fingerprint density at radius 1 is 1.46 bits per heavy atom. The maximum atomic E-state index is 8.56. The predicted molar refractivity (Wildman–Crippen MR) is 51.7 cm³/mol. The van der Waals surface area contributed by atoms with Gasteiger partial charge >= 0.3 is 0 Å². The lowest BCUT2D eigenvalue weighted by Gasteiger charge is -2.05. The van der Waals surface area contributed by atoms with Crippen molar-refractivity contribution in [2.24, 2.45) is 5.16 Å². The molecule has 3 heteroatoms. The summed E-state index contributed by atoms with van der Waals surface area (Å²) in [6.45, 7) is 3.70. The smallest absolute Gasteiger partial charge is 0.121 e. The van der Waals surface area contributed by atoms with Gasteiger partial charge in [-0.2, -0.15) is 0 Å². The Morgan fingerprint density at radius 2 is 2.15 bits per heavy atom. The summed E-state index contributed by atoms with van der Waals surface area (Å²) in [6, 6.07) is 5.65. The lowest BCUT2D eigenvalue weighted by atomic mass is 10.1. The number of methoxy groups -OCH3 is 1. The molecule has 13 heavy (non-hydrogen) atoms. The fourth-order valence-corrected chi connectivity index (χ4v) is 1.16. The third-order valence-electron chi connectivity index (χ3n) is 1.96. The maximum absolute atomic E-state index is 8.56. The van der Waals surface area contributed by atoms with Crippen molar-refractivity contribution in [3.05, 3.63) is 29.3 Å². The summed E-state index contributed by atoms with van der Waals surface area (Å²) in [5, 5.41) is 11.7. The SMILES string of the molecule is COc1ccc(/C(C)=N\O)cc1C. The second-order valence-electron chi connectivity index (χ2n) is 2.87. The van der Waals surface area contributed by atoms with E-state index in [4.69, 9.17) is 9.94 Å². The van der Waals surface area contributed by atoms with Crippen molar-refractivity contribution in [1.82, 2.24) is 0 Å². The number of benzene rings is 1. The van der Waals surface area contributed by atoms with Gasteiger partial charge in [0.25, 0.3) is 0 Å². The minimum atomic E-state index is 0.603. The van der Waals surface area contributed by atoms with Crippen molar-refractivity contribution in [3.63, 3.8) is 0 Å². The van der Waals surface area contributed by atoms with Crippen LogP contribution in [0.4, 0.5) is 0 Å². The molecule has 0 saturated carbocycles. The molecule has 0 atom stereocenters. The van der Waals surface area contributed by atoms with Crippen molar-refractivity contribution in [3.8, 4) is 5.75 Å².